The van der Waals surface area contributed by atoms with Crippen molar-refractivity contribution in [1.82, 2.24) is 9.80 Å². The van der Waals surface area contributed by atoms with E-state index < -0.39 is 0 Å². The van der Waals surface area contributed by atoms with E-state index in [9.17, 15) is 9.90 Å². The number of benzene rings is 2. The number of para-hydroxylation sites is 1. The molecule has 1 saturated heterocycles. The largest absolute Gasteiger partial charge is 0.507 e. The normalized spacial score (nSPS) is 15.3. The lowest BCUT2D eigenvalue weighted by atomic mass is 10.2. The molecule has 1 aliphatic rings. The van der Waals surface area contributed by atoms with Gasteiger partial charge in [-0.2, -0.15) is 0 Å². The summed E-state index contributed by atoms with van der Waals surface area (Å²) < 4.78 is 0. The molecule has 0 aromatic heterocycles. The fourth-order valence-corrected chi connectivity index (χ4v) is 4.45. The summed E-state index contributed by atoms with van der Waals surface area (Å²) in [5.41, 5.74) is 0.857. The second-order valence-corrected chi connectivity index (χ2v) is 8.40. The topological polar surface area (TPSA) is 43.8 Å². The minimum absolute atomic E-state index is 0.137. The molecule has 0 atom stereocenters. The van der Waals surface area contributed by atoms with Crippen LogP contribution in [0.4, 0.5) is 0 Å². The van der Waals surface area contributed by atoms with E-state index in [1.54, 1.807) is 19.1 Å². The van der Waals surface area contributed by atoms with E-state index in [0.29, 0.717) is 10.0 Å². The van der Waals surface area contributed by atoms with Crippen LogP contribution in [0.1, 0.15) is 12.5 Å². The van der Waals surface area contributed by atoms with Gasteiger partial charge in [0.2, 0.25) is 5.91 Å². The molecule has 3 rings (SSSR count). The predicted octanol–water partition coefficient (Wildman–Crippen LogP) is 5.03. The van der Waals surface area contributed by atoms with Gasteiger partial charge in [-0.25, -0.2) is 0 Å². The fraction of sp³-hybridized carbons (Fsp3) is 0.286. The van der Waals surface area contributed by atoms with Crippen molar-refractivity contribution in [2.45, 2.75) is 16.7 Å². The molecule has 0 aliphatic carbocycles. The maximum absolute atomic E-state index is 11.4. The number of hydrogen-bond donors (Lipinski definition) is 1. The predicted molar refractivity (Wildman–Crippen MR) is 116 cm³/mol. The number of piperazine rings is 1. The molecule has 7 heteroatoms. The van der Waals surface area contributed by atoms with Gasteiger partial charge in [-0.3, -0.25) is 9.69 Å². The lowest BCUT2D eigenvalue weighted by Crippen LogP contribution is -2.47. The van der Waals surface area contributed by atoms with E-state index in [4.69, 9.17) is 23.2 Å². The Morgan fingerprint density at radius 1 is 1.07 bits per heavy atom. The van der Waals surface area contributed by atoms with Gasteiger partial charge in [0.25, 0.3) is 0 Å². The number of rotatable bonds is 5. The van der Waals surface area contributed by atoms with Crippen LogP contribution in [0, 0.1) is 0 Å². The molecule has 0 unspecified atom stereocenters. The second kappa shape index (κ2) is 9.70. The highest BCUT2D eigenvalue weighted by atomic mass is 35.5. The first-order valence-electron chi connectivity index (χ1n) is 9.04. The zero-order valence-electron chi connectivity index (χ0n) is 15.6. The van der Waals surface area contributed by atoms with Crippen LogP contribution in [0.3, 0.4) is 0 Å². The van der Waals surface area contributed by atoms with E-state index in [-0.39, 0.29) is 11.7 Å². The summed E-state index contributed by atoms with van der Waals surface area (Å²) in [6.45, 7) is 5.70. The molecule has 28 heavy (non-hydrogen) atoms. The average Bonchev–Trinajstić information content (AvgIpc) is 2.69. The molecule has 1 amide bonds. The van der Waals surface area contributed by atoms with Crippen molar-refractivity contribution in [2.75, 3.05) is 32.7 Å². The summed E-state index contributed by atoms with van der Waals surface area (Å²) in [4.78, 5) is 17.1. The quantitative estimate of drug-likeness (QED) is 0.713. The number of carbonyl (C=O) groups is 1. The highest BCUT2D eigenvalue weighted by Gasteiger charge is 2.17. The smallest absolute Gasteiger partial charge is 0.219 e. The Morgan fingerprint density at radius 2 is 1.79 bits per heavy atom. The molecular weight excluding hydrogens is 415 g/mol. The highest BCUT2D eigenvalue weighted by molar-refractivity contribution is 7.99. The van der Waals surface area contributed by atoms with Crippen molar-refractivity contribution < 1.29 is 9.90 Å². The third-order valence-corrected chi connectivity index (χ3v) is 6.77. The lowest BCUT2D eigenvalue weighted by Gasteiger charge is -2.33. The van der Waals surface area contributed by atoms with E-state index in [1.807, 2.05) is 35.2 Å². The SMILES string of the molecule is CC(=O)N1CCN(C/C=C/c2ccc(Sc3ccccc3O)c(Cl)c2Cl)CC1. The van der Waals surface area contributed by atoms with Crippen LogP contribution in [0.15, 0.2) is 52.3 Å². The molecule has 1 fully saturated rings. The third-order valence-electron chi connectivity index (χ3n) is 4.64. The first-order valence-corrected chi connectivity index (χ1v) is 10.6. The van der Waals surface area contributed by atoms with Gasteiger partial charge in [0, 0.05) is 44.5 Å². The zero-order chi connectivity index (χ0) is 20.1. The summed E-state index contributed by atoms with van der Waals surface area (Å²) in [5.74, 6) is 0.354. The Balaban J connectivity index is 1.62. The maximum atomic E-state index is 11.4. The Morgan fingerprint density at radius 3 is 2.46 bits per heavy atom. The van der Waals surface area contributed by atoms with E-state index >= 15 is 0 Å². The molecular formula is C21H22Cl2N2O2S. The van der Waals surface area contributed by atoms with Crippen LogP contribution < -0.4 is 0 Å². The summed E-state index contributed by atoms with van der Waals surface area (Å²) in [6, 6.07) is 11.0. The molecule has 1 N–H and O–H groups in total. The summed E-state index contributed by atoms with van der Waals surface area (Å²) in [7, 11) is 0. The van der Waals surface area contributed by atoms with Gasteiger partial charge in [-0.15, -0.1) is 0 Å². The minimum atomic E-state index is 0.137. The number of amides is 1. The molecule has 0 saturated carbocycles. The number of phenols is 1. The van der Waals surface area contributed by atoms with Gasteiger partial charge in [0.1, 0.15) is 5.75 Å². The molecule has 1 aliphatic heterocycles. The van der Waals surface area contributed by atoms with Crippen molar-refractivity contribution in [3.63, 3.8) is 0 Å². The number of hydrogen-bond acceptors (Lipinski definition) is 4. The molecule has 1 heterocycles. The number of halogens is 2. The minimum Gasteiger partial charge on any atom is -0.507 e. The van der Waals surface area contributed by atoms with Crippen molar-refractivity contribution in [1.29, 1.82) is 0 Å². The number of nitrogens with zero attached hydrogens (tertiary/aromatic N) is 2. The Labute approximate surface area is 179 Å². The van der Waals surface area contributed by atoms with Crippen molar-refractivity contribution in [3.05, 3.63) is 58.1 Å². The van der Waals surface area contributed by atoms with E-state index in [0.717, 1.165) is 48.1 Å². The van der Waals surface area contributed by atoms with Crippen molar-refractivity contribution >= 4 is 46.9 Å². The van der Waals surface area contributed by atoms with Gasteiger partial charge in [0.15, 0.2) is 0 Å². The zero-order valence-corrected chi connectivity index (χ0v) is 17.9. The van der Waals surface area contributed by atoms with Crippen molar-refractivity contribution in [3.8, 4) is 5.75 Å². The van der Waals surface area contributed by atoms with Gasteiger partial charge in [0.05, 0.1) is 14.9 Å². The van der Waals surface area contributed by atoms with Crippen LogP contribution in [-0.2, 0) is 4.79 Å². The molecule has 0 bridgehead atoms. The Bertz CT molecular complexity index is 881. The fourth-order valence-electron chi connectivity index (χ4n) is 2.99. The Hall–Kier alpha value is -1.66. The van der Waals surface area contributed by atoms with E-state index in [2.05, 4.69) is 11.0 Å². The van der Waals surface area contributed by atoms with Crippen molar-refractivity contribution in [2.24, 2.45) is 0 Å². The summed E-state index contributed by atoms with van der Waals surface area (Å²) in [6.07, 6.45) is 4.04. The summed E-state index contributed by atoms with van der Waals surface area (Å²) in [5, 5.41) is 10.9. The second-order valence-electron chi connectivity index (χ2n) is 6.56. The highest BCUT2D eigenvalue weighted by Crippen LogP contribution is 2.41. The van der Waals surface area contributed by atoms with Crippen LogP contribution in [0.25, 0.3) is 6.08 Å². The van der Waals surface area contributed by atoms with Crippen LogP contribution in [-0.4, -0.2) is 53.5 Å². The van der Waals surface area contributed by atoms with Gasteiger partial charge in [-0.05, 0) is 23.8 Å². The van der Waals surface area contributed by atoms with Crippen LogP contribution in [0.2, 0.25) is 10.0 Å². The molecule has 0 spiro atoms. The summed E-state index contributed by atoms with van der Waals surface area (Å²) >= 11 is 14.3. The standard InChI is InChI=1S/C21H22Cl2N2O2S/c1-15(26)25-13-11-24(12-14-25)10-4-5-16-8-9-19(21(23)20(16)22)28-18-7-3-2-6-17(18)27/h2-9,27H,10-14H2,1H3/b5-4+. The Kier molecular flexibility index (Phi) is 7.30. The van der Waals surface area contributed by atoms with Gasteiger partial charge in [-0.1, -0.05) is 65.3 Å². The number of aromatic hydroxyl groups is 1. The van der Waals surface area contributed by atoms with Crippen LogP contribution in [0.5, 0.6) is 5.75 Å². The number of carbonyl (C=O) groups excluding carboxylic acids is 1. The third kappa shape index (κ3) is 5.23. The van der Waals surface area contributed by atoms with Gasteiger partial charge < -0.3 is 10.0 Å². The lowest BCUT2D eigenvalue weighted by molar-refractivity contribution is -0.130. The molecule has 148 valence electrons. The monoisotopic (exact) mass is 436 g/mol. The molecule has 4 nitrogen and oxygen atoms in total. The van der Waals surface area contributed by atoms with Gasteiger partial charge >= 0.3 is 0 Å². The van der Waals surface area contributed by atoms with E-state index in [1.165, 1.54) is 11.8 Å². The van der Waals surface area contributed by atoms with Crippen LogP contribution >= 0.6 is 35.0 Å². The molecule has 0 radical (unpaired) electrons. The first kappa shape index (κ1) is 21.1. The number of phenolic OH excluding ortho intramolecular Hbond substituents is 1. The average molecular weight is 437 g/mol. The first-order chi connectivity index (χ1) is 13.5. The maximum Gasteiger partial charge on any atom is 0.219 e. The molecule has 2 aromatic carbocycles. The molecule has 2 aromatic rings.